The number of hydrogen-bond acceptors (Lipinski definition) is 2. The quantitative estimate of drug-likeness (QED) is 0.756. The molecule has 1 heterocycles. The van der Waals surface area contributed by atoms with E-state index in [2.05, 4.69) is 16.5 Å². The standard InChI is InChI=1S/C12H16N2O/c1-2-14-7-6-13-12(14)9-10-4-3-5-11(15)8-10/h6-8H,2-5,9H2,1H3. The van der Waals surface area contributed by atoms with Gasteiger partial charge in [0.2, 0.25) is 0 Å². The van der Waals surface area contributed by atoms with Crippen molar-refractivity contribution in [2.45, 2.75) is 39.2 Å². The van der Waals surface area contributed by atoms with E-state index in [1.165, 1.54) is 5.57 Å². The molecule has 0 spiro atoms. The van der Waals surface area contributed by atoms with Gasteiger partial charge in [-0.2, -0.15) is 0 Å². The first-order valence-electron chi connectivity index (χ1n) is 5.52. The van der Waals surface area contributed by atoms with E-state index in [4.69, 9.17) is 0 Å². The highest BCUT2D eigenvalue weighted by Gasteiger charge is 2.12. The van der Waals surface area contributed by atoms with Crippen LogP contribution in [0.4, 0.5) is 0 Å². The summed E-state index contributed by atoms with van der Waals surface area (Å²) in [6, 6.07) is 0. The van der Waals surface area contributed by atoms with Crippen LogP contribution in [0.2, 0.25) is 0 Å². The Morgan fingerprint density at radius 2 is 2.33 bits per heavy atom. The lowest BCUT2D eigenvalue weighted by Crippen LogP contribution is -2.08. The first-order valence-corrected chi connectivity index (χ1v) is 5.52. The molecule has 1 aromatic heterocycles. The van der Waals surface area contributed by atoms with Crippen LogP contribution in [-0.4, -0.2) is 15.3 Å². The Morgan fingerprint density at radius 3 is 3.07 bits per heavy atom. The number of aromatic nitrogens is 2. The molecule has 0 bridgehead atoms. The van der Waals surface area contributed by atoms with Crippen LogP contribution in [0, 0.1) is 0 Å². The fourth-order valence-corrected chi connectivity index (χ4v) is 2.00. The number of hydrogen-bond donors (Lipinski definition) is 0. The first-order chi connectivity index (χ1) is 7.29. The number of ketones is 1. The highest BCUT2D eigenvalue weighted by Crippen LogP contribution is 2.18. The van der Waals surface area contributed by atoms with Crippen LogP contribution in [0.5, 0.6) is 0 Å². The second-order valence-corrected chi connectivity index (χ2v) is 3.93. The summed E-state index contributed by atoms with van der Waals surface area (Å²) in [5, 5.41) is 0. The van der Waals surface area contributed by atoms with Crippen molar-refractivity contribution in [1.82, 2.24) is 9.55 Å². The Balaban J connectivity index is 2.11. The van der Waals surface area contributed by atoms with Crippen LogP contribution in [-0.2, 0) is 17.8 Å². The average molecular weight is 204 g/mol. The van der Waals surface area contributed by atoms with Gasteiger partial charge in [-0.1, -0.05) is 5.57 Å². The molecule has 0 fully saturated rings. The molecule has 15 heavy (non-hydrogen) atoms. The minimum atomic E-state index is 0.269. The Hall–Kier alpha value is -1.38. The van der Waals surface area contributed by atoms with Gasteiger partial charge in [0.1, 0.15) is 5.82 Å². The molecule has 3 heteroatoms. The molecule has 1 aromatic rings. The first kappa shape index (κ1) is 10.1. The summed E-state index contributed by atoms with van der Waals surface area (Å²) in [5.41, 5.74) is 1.23. The summed E-state index contributed by atoms with van der Waals surface area (Å²) in [6.45, 7) is 3.04. The van der Waals surface area contributed by atoms with E-state index < -0.39 is 0 Å². The maximum absolute atomic E-state index is 11.3. The summed E-state index contributed by atoms with van der Waals surface area (Å²) in [4.78, 5) is 15.6. The molecule has 0 saturated carbocycles. The molecule has 80 valence electrons. The fourth-order valence-electron chi connectivity index (χ4n) is 2.00. The molecule has 3 nitrogen and oxygen atoms in total. The molecule has 2 rings (SSSR count). The van der Waals surface area contributed by atoms with E-state index in [0.717, 1.165) is 31.6 Å². The zero-order valence-electron chi connectivity index (χ0n) is 9.07. The van der Waals surface area contributed by atoms with Crippen LogP contribution in [0.3, 0.4) is 0 Å². The monoisotopic (exact) mass is 204 g/mol. The van der Waals surface area contributed by atoms with Crippen LogP contribution < -0.4 is 0 Å². The maximum atomic E-state index is 11.3. The van der Waals surface area contributed by atoms with Gasteiger partial charge in [-0.05, 0) is 25.8 Å². The van der Waals surface area contributed by atoms with Crippen molar-refractivity contribution in [3.8, 4) is 0 Å². The summed E-state index contributed by atoms with van der Waals surface area (Å²) in [7, 11) is 0. The smallest absolute Gasteiger partial charge is 0.155 e. The SMILES string of the molecule is CCn1ccnc1CC1=CC(=O)CCC1. The summed E-state index contributed by atoms with van der Waals surface area (Å²) < 4.78 is 2.12. The molecule has 0 amide bonds. The highest BCUT2D eigenvalue weighted by atomic mass is 16.1. The molecule has 0 saturated heterocycles. The minimum Gasteiger partial charge on any atom is -0.335 e. The molecule has 0 aromatic carbocycles. The Bertz CT molecular complexity index is 390. The minimum absolute atomic E-state index is 0.269. The maximum Gasteiger partial charge on any atom is 0.155 e. The summed E-state index contributed by atoms with van der Waals surface area (Å²) in [6.07, 6.45) is 9.20. The lowest BCUT2D eigenvalue weighted by Gasteiger charge is -2.12. The van der Waals surface area contributed by atoms with Gasteiger partial charge in [0.25, 0.3) is 0 Å². The van der Waals surface area contributed by atoms with Gasteiger partial charge in [-0.3, -0.25) is 4.79 Å². The number of carbonyl (C=O) groups is 1. The predicted molar refractivity (Wildman–Crippen MR) is 58.5 cm³/mol. The van der Waals surface area contributed by atoms with Crippen molar-refractivity contribution in [3.05, 3.63) is 29.9 Å². The van der Waals surface area contributed by atoms with Crippen LogP contribution in [0.25, 0.3) is 0 Å². The van der Waals surface area contributed by atoms with E-state index in [9.17, 15) is 4.79 Å². The zero-order valence-corrected chi connectivity index (χ0v) is 9.07. The Kier molecular flexibility index (Phi) is 2.99. The second-order valence-electron chi connectivity index (χ2n) is 3.93. The molecule has 0 atom stereocenters. The number of rotatable bonds is 3. The molecule has 0 N–H and O–H groups in total. The molecular weight excluding hydrogens is 188 g/mol. The van der Waals surface area contributed by atoms with Gasteiger partial charge in [-0.15, -0.1) is 0 Å². The normalized spacial score (nSPS) is 16.6. The molecule has 0 aliphatic heterocycles. The molecule has 0 unspecified atom stereocenters. The Labute approximate surface area is 89.8 Å². The summed E-state index contributed by atoms with van der Waals surface area (Å²) >= 11 is 0. The van der Waals surface area contributed by atoms with Crippen molar-refractivity contribution in [1.29, 1.82) is 0 Å². The van der Waals surface area contributed by atoms with E-state index in [-0.39, 0.29) is 5.78 Å². The third-order valence-corrected chi connectivity index (χ3v) is 2.81. The number of imidazole rings is 1. The van der Waals surface area contributed by atoms with Gasteiger partial charge in [0, 0.05) is 31.8 Å². The molecule has 1 aliphatic carbocycles. The topological polar surface area (TPSA) is 34.9 Å². The third kappa shape index (κ3) is 2.35. The lowest BCUT2D eigenvalue weighted by molar-refractivity contribution is -0.115. The highest BCUT2D eigenvalue weighted by molar-refractivity contribution is 5.91. The van der Waals surface area contributed by atoms with E-state index in [1.54, 1.807) is 6.08 Å². The third-order valence-electron chi connectivity index (χ3n) is 2.81. The van der Waals surface area contributed by atoms with Crippen LogP contribution in [0.15, 0.2) is 24.0 Å². The molecule has 0 radical (unpaired) electrons. The number of allylic oxidation sites excluding steroid dienone is 2. The van der Waals surface area contributed by atoms with Crippen molar-refractivity contribution < 1.29 is 4.79 Å². The molecule has 1 aliphatic rings. The van der Waals surface area contributed by atoms with Crippen molar-refractivity contribution in [3.63, 3.8) is 0 Å². The van der Waals surface area contributed by atoms with Crippen molar-refractivity contribution in [2.24, 2.45) is 0 Å². The van der Waals surface area contributed by atoms with Gasteiger partial charge < -0.3 is 4.57 Å². The van der Waals surface area contributed by atoms with Crippen molar-refractivity contribution >= 4 is 5.78 Å². The van der Waals surface area contributed by atoms with Crippen LogP contribution >= 0.6 is 0 Å². The predicted octanol–water partition coefficient (Wildman–Crippen LogP) is 2.12. The number of nitrogens with zero attached hydrogens (tertiary/aromatic N) is 2. The van der Waals surface area contributed by atoms with Gasteiger partial charge >= 0.3 is 0 Å². The fraction of sp³-hybridized carbons (Fsp3) is 0.500. The van der Waals surface area contributed by atoms with Gasteiger partial charge in [-0.25, -0.2) is 4.98 Å². The average Bonchev–Trinajstić information content (AvgIpc) is 2.65. The lowest BCUT2D eigenvalue weighted by atomic mass is 9.96. The van der Waals surface area contributed by atoms with E-state index in [1.807, 2.05) is 12.4 Å². The van der Waals surface area contributed by atoms with E-state index >= 15 is 0 Å². The van der Waals surface area contributed by atoms with Crippen LogP contribution in [0.1, 0.15) is 32.0 Å². The van der Waals surface area contributed by atoms with Crippen molar-refractivity contribution in [2.75, 3.05) is 0 Å². The number of aryl methyl sites for hydroxylation is 1. The Morgan fingerprint density at radius 1 is 1.47 bits per heavy atom. The van der Waals surface area contributed by atoms with Gasteiger partial charge in [0.15, 0.2) is 5.78 Å². The summed E-state index contributed by atoms with van der Waals surface area (Å²) in [5.74, 6) is 1.34. The zero-order chi connectivity index (χ0) is 10.7. The van der Waals surface area contributed by atoms with E-state index in [0.29, 0.717) is 6.42 Å². The second kappa shape index (κ2) is 4.43. The largest absolute Gasteiger partial charge is 0.335 e. The van der Waals surface area contributed by atoms with Gasteiger partial charge in [0.05, 0.1) is 0 Å². The number of carbonyl (C=O) groups excluding carboxylic acids is 1. The molecular formula is C12H16N2O.